The molecule has 0 fully saturated rings. The minimum atomic E-state index is -0.0829. The average molecular weight is 302 g/mol. The lowest BCUT2D eigenvalue weighted by Gasteiger charge is -2.19. The van der Waals surface area contributed by atoms with Crippen molar-refractivity contribution < 1.29 is 5.11 Å². The predicted molar refractivity (Wildman–Crippen MR) is 73.2 cm³/mol. The number of anilines is 1. The van der Waals surface area contributed by atoms with Crippen LogP contribution in [0.15, 0.2) is 10.7 Å². The van der Waals surface area contributed by atoms with E-state index in [4.69, 9.17) is 5.11 Å². The van der Waals surface area contributed by atoms with Crippen LogP contribution < -0.4 is 5.32 Å². The first-order valence-corrected chi connectivity index (χ1v) is 6.54. The van der Waals surface area contributed by atoms with Gasteiger partial charge in [-0.3, -0.25) is 0 Å². The molecule has 0 aliphatic heterocycles. The minimum Gasteiger partial charge on any atom is -0.396 e. The van der Waals surface area contributed by atoms with Crippen molar-refractivity contribution in [3.63, 3.8) is 0 Å². The topological polar surface area (TPSA) is 58.0 Å². The van der Waals surface area contributed by atoms with E-state index in [1.807, 2.05) is 13.0 Å². The van der Waals surface area contributed by atoms with E-state index < -0.39 is 0 Å². The van der Waals surface area contributed by atoms with Crippen LogP contribution in [0.25, 0.3) is 0 Å². The molecule has 1 aromatic heterocycles. The molecule has 0 spiro atoms. The Morgan fingerprint density at radius 2 is 2.06 bits per heavy atom. The summed E-state index contributed by atoms with van der Waals surface area (Å²) in [6.07, 6.45) is 0.701. The maximum absolute atomic E-state index is 8.87. The van der Waals surface area contributed by atoms with Gasteiger partial charge < -0.3 is 10.4 Å². The second kappa shape index (κ2) is 5.78. The summed E-state index contributed by atoms with van der Waals surface area (Å²) in [6, 6.07) is 2.04. The quantitative estimate of drug-likeness (QED) is 0.840. The number of nitrogens with one attached hydrogen (secondary N) is 1. The van der Waals surface area contributed by atoms with Crippen molar-refractivity contribution in [3.8, 4) is 0 Å². The van der Waals surface area contributed by atoms with Crippen molar-refractivity contribution in [3.05, 3.63) is 16.5 Å². The van der Waals surface area contributed by atoms with Crippen molar-refractivity contribution in [1.82, 2.24) is 9.97 Å². The van der Waals surface area contributed by atoms with Gasteiger partial charge in [0.1, 0.15) is 16.2 Å². The van der Waals surface area contributed by atoms with Crippen LogP contribution in [0.3, 0.4) is 0 Å². The van der Waals surface area contributed by atoms with Crippen LogP contribution in [0.1, 0.15) is 39.9 Å². The van der Waals surface area contributed by atoms with Crippen molar-refractivity contribution >= 4 is 21.7 Å². The van der Waals surface area contributed by atoms with E-state index >= 15 is 0 Å². The highest BCUT2D eigenvalue weighted by Gasteiger charge is 2.19. The zero-order chi connectivity index (χ0) is 13.1. The van der Waals surface area contributed by atoms with Gasteiger partial charge in [-0.1, -0.05) is 20.8 Å². The fourth-order valence-electron chi connectivity index (χ4n) is 1.35. The summed E-state index contributed by atoms with van der Waals surface area (Å²) in [5.41, 5.74) is -0.0829. The number of aliphatic hydroxyl groups is 1. The van der Waals surface area contributed by atoms with Gasteiger partial charge in [-0.25, -0.2) is 9.97 Å². The van der Waals surface area contributed by atoms with Gasteiger partial charge in [0, 0.05) is 24.1 Å². The Morgan fingerprint density at radius 1 is 1.41 bits per heavy atom. The Balaban J connectivity index is 2.90. The number of halogens is 1. The molecular formula is C12H20BrN3O. The number of aromatic nitrogens is 2. The van der Waals surface area contributed by atoms with Gasteiger partial charge >= 0.3 is 0 Å². The summed E-state index contributed by atoms with van der Waals surface area (Å²) in [4.78, 5) is 8.87. The van der Waals surface area contributed by atoms with E-state index in [-0.39, 0.29) is 18.1 Å². The lowest BCUT2D eigenvalue weighted by Crippen LogP contribution is -2.21. The van der Waals surface area contributed by atoms with Gasteiger partial charge in [-0.2, -0.15) is 0 Å². The SMILES string of the molecule is CC(CCO)Nc1cc(Br)nc(C(C)(C)C)n1. The molecule has 1 atom stereocenters. The van der Waals surface area contributed by atoms with Crippen LogP contribution in [0.2, 0.25) is 0 Å². The van der Waals surface area contributed by atoms with Gasteiger partial charge in [-0.05, 0) is 29.3 Å². The Bertz CT molecular complexity index is 377. The molecule has 1 aromatic rings. The summed E-state index contributed by atoms with van der Waals surface area (Å²) in [5, 5.41) is 12.1. The molecule has 5 heteroatoms. The van der Waals surface area contributed by atoms with Crippen LogP contribution in [0.4, 0.5) is 5.82 Å². The molecule has 0 aliphatic rings. The zero-order valence-corrected chi connectivity index (χ0v) is 12.4. The van der Waals surface area contributed by atoms with Gasteiger partial charge in [0.05, 0.1) is 0 Å². The molecule has 0 saturated carbocycles. The summed E-state index contributed by atoms with van der Waals surface area (Å²) in [6.45, 7) is 8.43. The van der Waals surface area contributed by atoms with Crippen molar-refractivity contribution in [2.24, 2.45) is 0 Å². The molecule has 4 nitrogen and oxygen atoms in total. The predicted octanol–water partition coefficient (Wildman–Crippen LogP) is 2.72. The van der Waals surface area contributed by atoms with Gasteiger partial charge in [0.25, 0.3) is 0 Å². The van der Waals surface area contributed by atoms with Crippen LogP contribution in [0.5, 0.6) is 0 Å². The summed E-state index contributed by atoms with van der Waals surface area (Å²) in [7, 11) is 0. The molecule has 0 saturated heterocycles. The second-order valence-corrected chi connectivity index (χ2v) is 6.02. The maximum atomic E-state index is 8.87. The van der Waals surface area contributed by atoms with Gasteiger partial charge in [-0.15, -0.1) is 0 Å². The average Bonchev–Trinajstić information content (AvgIpc) is 2.15. The first-order valence-electron chi connectivity index (χ1n) is 5.75. The fourth-order valence-corrected chi connectivity index (χ4v) is 1.73. The fraction of sp³-hybridized carbons (Fsp3) is 0.667. The van der Waals surface area contributed by atoms with E-state index in [0.29, 0.717) is 6.42 Å². The Labute approximate surface area is 111 Å². The first-order chi connectivity index (χ1) is 7.82. The molecule has 1 rings (SSSR count). The van der Waals surface area contributed by atoms with Crippen LogP contribution >= 0.6 is 15.9 Å². The van der Waals surface area contributed by atoms with E-state index in [1.54, 1.807) is 0 Å². The molecule has 2 N–H and O–H groups in total. The third-order valence-corrected chi connectivity index (χ3v) is 2.73. The third-order valence-electron chi connectivity index (χ3n) is 2.32. The molecule has 0 radical (unpaired) electrons. The highest BCUT2D eigenvalue weighted by Crippen LogP contribution is 2.22. The molecule has 1 heterocycles. The lowest BCUT2D eigenvalue weighted by atomic mass is 9.96. The van der Waals surface area contributed by atoms with E-state index in [9.17, 15) is 0 Å². The molecule has 96 valence electrons. The largest absolute Gasteiger partial charge is 0.396 e. The van der Waals surface area contributed by atoms with Crippen LogP contribution in [-0.2, 0) is 5.41 Å². The second-order valence-electron chi connectivity index (χ2n) is 5.21. The van der Waals surface area contributed by atoms with Crippen LogP contribution in [0, 0.1) is 0 Å². The number of hydrogen-bond donors (Lipinski definition) is 2. The first kappa shape index (κ1) is 14.4. The van der Waals surface area contributed by atoms with E-state index in [0.717, 1.165) is 16.2 Å². The lowest BCUT2D eigenvalue weighted by molar-refractivity contribution is 0.282. The highest BCUT2D eigenvalue weighted by molar-refractivity contribution is 9.10. The number of hydrogen-bond acceptors (Lipinski definition) is 4. The Morgan fingerprint density at radius 3 is 2.59 bits per heavy atom. The summed E-state index contributed by atoms with van der Waals surface area (Å²) in [5.74, 6) is 1.59. The van der Waals surface area contributed by atoms with Crippen LogP contribution in [-0.4, -0.2) is 27.7 Å². The Hall–Kier alpha value is -0.680. The summed E-state index contributed by atoms with van der Waals surface area (Å²) >= 11 is 3.39. The molecule has 0 amide bonds. The van der Waals surface area contributed by atoms with Crippen molar-refractivity contribution in [2.75, 3.05) is 11.9 Å². The Kier molecular flexibility index (Phi) is 4.89. The standard InChI is InChI=1S/C12H20BrN3O/c1-8(5-6-17)14-10-7-9(13)15-11(16-10)12(2,3)4/h7-8,17H,5-6H2,1-4H3,(H,14,15,16). The normalized spacial score (nSPS) is 13.5. The highest BCUT2D eigenvalue weighted by atomic mass is 79.9. The minimum absolute atomic E-state index is 0.0829. The number of rotatable bonds is 4. The molecule has 1 unspecified atom stereocenters. The van der Waals surface area contributed by atoms with Gasteiger partial charge in [0.15, 0.2) is 0 Å². The van der Waals surface area contributed by atoms with Crippen molar-refractivity contribution in [2.45, 2.75) is 45.6 Å². The number of nitrogens with zero attached hydrogens (tertiary/aromatic N) is 2. The smallest absolute Gasteiger partial charge is 0.137 e. The molecule has 0 aliphatic carbocycles. The number of aliphatic hydroxyl groups excluding tert-OH is 1. The molecule has 0 aromatic carbocycles. The van der Waals surface area contributed by atoms with Gasteiger partial charge in [0.2, 0.25) is 0 Å². The zero-order valence-electron chi connectivity index (χ0n) is 10.8. The molecule has 0 bridgehead atoms. The summed E-state index contributed by atoms with van der Waals surface area (Å²) < 4.78 is 0.774. The van der Waals surface area contributed by atoms with Crippen molar-refractivity contribution in [1.29, 1.82) is 0 Å². The molecule has 17 heavy (non-hydrogen) atoms. The third kappa shape index (κ3) is 4.60. The van der Waals surface area contributed by atoms with E-state index in [2.05, 4.69) is 52.0 Å². The molecular weight excluding hydrogens is 282 g/mol. The monoisotopic (exact) mass is 301 g/mol. The van der Waals surface area contributed by atoms with E-state index in [1.165, 1.54) is 0 Å². The maximum Gasteiger partial charge on any atom is 0.137 e.